The van der Waals surface area contributed by atoms with E-state index in [2.05, 4.69) is 25.9 Å². The summed E-state index contributed by atoms with van der Waals surface area (Å²) in [6, 6.07) is 0. The summed E-state index contributed by atoms with van der Waals surface area (Å²) in [4.78, 5) is 4.81. The summed E-state index contributed by atoms with van der Waals surface area (Å²) >= 11 is 0. The fraction of sp³-hybridized carbons (Fsp3) is 0.905. The molecule has 1 aromatic heterocycles. The summed E-state index contributed by atoms with van der Waals surface area (Å²) in [5.74, 6) is 2.89. The van der Waals surface area contributed by atoms with Gasteiger partial charge in [0.25, 0.3) is 0 Å². The van der Waals surface area contributed by atoms with Crippen molar-refractivity contribution in [2.24, 2.45) is 16.7 Å². The molecule has 0 unspecified atom stereocenters. The van der Waals surface area contributed by atoms with Gasteiger partial charge in [0.2, 0.25) is 11.7 Å². The lowest BCUT2D eigenvalue weighted by Crippen LogP contribution is -2.36. The molecule has 2 saturated carbocycles. The molecule has 1 spiro atoms. The summed E-state index contributed by atoms with van der Waals surface area (Å²) in [5, 5.41) is 4.32. The van der Waals surface area contributed by atoms with Crippen molar-refractivity contribution in [3.05, 3.63) is 11.7 Å². The predicted molar refractivity (Wildman–Crippen MR) is 98.9 cm³/mol. The molecular weight excluding hydrogens is 328 g/mol. The van der Waals surface area contributed by atoms with E-state index in [4.69, 9.17) is 19.0 Å². The number of aromatic nitrogens is 2. The molecule has 0 N–H and O–H groups in total. The molecule has 4 rings (SSSR count). The molecule has 0 aromatic carbocycles. The predicted octanol–water partition coefficient (Wildman–Crippen LogP) is 4.82. The van der Waals surface area contributed by atoms with Gasteiger partial charge in [-0.3, -0.25) is 0 Å². The van der Waals surface area contributed by atoms with Gasteiger partial charge in [0.05, 0.1) is 0 Å². The maximum Gasteiger partial charge on any atom is 0.230 e. The highest BCUT2D eigenvalue weighted by Crippen LogP contribution is 2.67. The monoisotopic (exact) mass is 362 g/mol. The van der Waals surface area contributed by atoms with Crippen LogP contribution in [0.25, 0.3) is 0 Å². The summed E-state index contributed by atoms with van der Waals surface area (Å²) in [5.41, 5.74) is 0.475. The molecule has 0 bridgehead atoms. The van der Waals surface area contributed by atoms with Gasteiger partial charge in [-0.1, -0.05) is 32.3 Å². The van der Waals surface area contributed by atoms with Crippen molar-refractivity contribution in [1.29, 1.82) is 0 Å². The Morgan fingerprint density at radius 1 is 1.15 bits per heavy atom. The third-order valence-electron chi connectivity index (χ3n) is 8.03. The van der Waals surface area contributed by atoms with Crippen LogP contribution in [0.2, 0.25) is 0 Å². The molecule has 2 heterocycles. The molecule has 26 heavy (non-hydrogen) atoms. The largest absolute Gasteiger partial charge is 0.381 e. The zero-order valence-corrected chi connectivity index (χ0v) is 16.8. The lowest BCUT2D eigenvalue weighted by atomic mass is 9.66. The Kier molecular flexibility index (Phi) is 4.67. The molecule has 5 heteroatoms. The Balaban J connectivity index is 1.43. The second-order valence-corrected chi connectivity index (χ2v) is 9.50. The van der Waals surface area contributed by atoms with Crippen LogP contribution in [0.5, 0.6) is 0 Å². The van der Waals surface area contributed by atoms with Crippen LogP contribution >= 0.6 is 0 Å². The Labute approximate surface area is 157 Å². The normalized spacial score (nSPS) is 34.2. The van der Waals surface area contributed by atoms with Gasteiger partial charge < -0.3 is 14.0 Å². The molecule has 1 aromatic rings. The van der Waals surface area contributed by atoms with Gasteiger partial charge in [-0.2, -0.15) is 4.98 Å². The number of nitrogens with zero attached hydrogens (tertiary/aromatic N) is 2. The zero-order valence-electron chi connectivity index (χ0n) is 16.8. The zero-order chi connectivity index (χ0) is 18.4. The smallest absolute Gasteiger partial charge is 0.230 e. The second-order valence-electron chi connectivity index (χ2n) is 9.50. The number of methoxy groups -OCH3 is 1. The van der Waals surface area contributed by atoms with E-state index in [0.717, 1.165) is 30.5 Å². The minimum absolute atomic E-state index is 0.426. The average molecular weight is 363 g/mol. The van der Waals surface area contributed by atoms with Gasteiger partial charge in [-0.25, -0.2) is 0 Å². The molecule has 5 nitrogen and oxygen atoms in total. The van der Waals surface area contributed by atoms with Crippen LogP contribution in [0, 0.1) is 16.7 Å². The van der Waals surface area contributed by atoms with Crippen LogP contribution < -0.4 is 0 Å². The number of hydrogen-bond acceptors (Lipinski definition) is 5. The van der Waals surface area contributed by atoms with E-state index in [0.29, 0.717) is 30.0 Å². The van der Waals surface area contributed by atoms with E-state index >= 15 is 0 Å². The molecule has 3 aliphatic rings. The molecule has 0 radical (unpaired) electrons. The third-order valence-corrected chi connectivity index (χ3v) is 8.03. The van der Waals surface area contributed by atoms with E-state index in [9.17, 15) is 0 Å². The molecule has 2 aliphatic carbocycles. The van der Waals surface area contributed by atoms with Gasteiger partial charge in [-0.15, -0.1) is 0 Å². The van der Waals surface area contributed by atoms with Gasteiger partial charge in [0.15, 0.2) is 0 Å². The average Bonchev–Trinajstić information content (AvgIpc) is 3.14. The molecule has 3 fully saturated rings. The van der Waals surface area contributed by atoms with Gasteiger partial charge in [0, 0.05) is 39.1 Å². The Morgan fingerprint density at radius 3 is 2.46 bits per heavy atom. The van der Waals surface area contributed by atoms with E-state index in [1.165, 1.54) is 38.5 Å². The maximum absolute atomic E-state index is 5.81. The number of ether oxygens (including phenoxy) is 2. The van der Waals surface area contributed by atoms with Gasteiger partial charge in [0.1, 0.15) is 5.60 Å². The first-order chi connectivity index (χ1) is 12.4. The van der Waals surface area contributed by atoms with Gasteiger partial charge >= 0.3 is 0 Å². The summed E-state index contributed by atoms with van der Waals surface area (Å²) in [6.07, 6.45) is 9.40. The van der Waals surface area contributed by atoms with Crippen molar-refractivity contribution in [3.8, 4) is 0 Å². The fourth-order valence-electron chi connectivity index (χ4n) is 5.29. The Bertz CT molecular complexity index is 625. The van der Waals surface area contributed by atoms with E-state index in [-0.39, 0.29) is 0 Å². The SMILES string of the molecule is CCC(C)(C)C1CCC2(CC1)C[C@@H]2c1nc(C2(OC)CCOCC2)no1. The standard InChI is InChI=1S/C21H34N2O3/c1-5-19(2,3)15-6-8-20(9-7-15)14-16(20)17-22-18(23-26-17)21(24-4)10-12-25-13-11-21/h15-16H,5-14H2,1-4H3/t15?,16-,20?/m1/s1. The molecule has 1 aliphatic heterocycles. The highest BCUT2D eigenvalue weighted by molar-refractivity contribution is 5.19. The Morgan fingerprint density at radius 2 is 1.85 bits per heavy atom. The Hall–Kier alpha value is -0.940. The van der Waals surface area contributed by atoms with Crippen LogP contribution in [0.4, 0.5) is 0 Å². The van der Waals surface area contributed by atoms with Crippen LogP contribution in [0.3, 0.4) is 0 Å². The van der Waals surface area contributed by atoms with Crippen molar-refractivity contribution in [1.82, 2.24) is 10.1 Å². The molecule has 1 atom stereocenters. The quantitative estimate of drug-likeness (QED) is 0.751. The molecular formula is C21H34N2O3. The van der Waals surface area contributed by atoms with Crippen LogP contribution in [0.1, 0.15) is 89.8 Å². The van der Waals surface area contributed by atoms with E-state index in [1.54, 1.807) is 7.11 Å². The van der Waals surface area contributed by atoms with Crippen LogP contribution in [0.15, 0.2) is 4.52 Å². The summed E-state index contributed by atoms with van der Waals surface area (Å²) < 4.78 is 17.0. The third kappa shape index (κ3) is 3.01. The van der Waals surface area contributed by atoms with Crippen LogP contribution in [-0.2, 0) is 15.1 Å². The summed E-state index contributed by atoms with van der Waals surface area (Å²) in [6.45, 7) is 8.58. The van der Waals surface area contributed by atoms with E-state index < -0.39 is 5.60 Å². The fourth-order valence-corrected chi connectivity index (χ4v) is 5.29. The molecule has 1 saturated heterocycles. The first kappa shape index (κ1) is 18.4. The maximum atomic E-state index is 5.81. The van der Waals surface area contributed by atoms with Crippen molar-refractivity contribution >= 4 is 0 Å². The minimum atomic E-state index is -0.426. The lowest BCUT2D eigenvalue weighted by molar-refractivity contribution is -0.101. The van der Waals surface area contributed by atoms with E-state index in [1.807, 2.05) is 0 Å². The highest BCUT2D eigenvalue weighted by Gasteiger charge is 2.59. The lowest BCUT2D eigenvalue weighted by Gasteiger charge is -2.39. The van der Waals surface area contributed by atoms with Crippen molar-refractivity contribution in [2.45, 2.75) is 83.7 Å². The molecule has 146 valence electrons. The van der Waals surface area contributed by atoms with Crippen molar-refractivity contribution in [3.63, 3.8) is 0 Å². The second kappa shape index (κ2) is 6.59. The first-order valence-corrected chi connectivity index (χ1v) is 10.4. The highest BCUT2D eigenvalue weighted by atomic mass is 16.5. The minimum Gasteiger partial charge on any atom is -0.381 e. The first-order valence-electron chi connectivity index (χ1n) is 10.4. The van der Waals surface area contributed by atoms with Crippen molar-refractivity contribution < 1.29 is 14.0 Å². The van der Waals surface area contributed by atoms with Gasteiger partial charge in [-0.05, 0) is 48.9 Å². The number of hydrogen-bond donors (Lipinski definition) is 0. The van der Waals surface area contributed by atoms with Crippen LogP contribution in [-0.4, -0.2) is 30.5 Å². The topological polar surface area (TPSA) is 57.4 Å². The molecule has 0 amide bonds. The number of rotatable bonds is 5. The summed E-state index contributed by atoms with van der Waals surface area (Å²) in [7, 11) is 1.75. The van der Waals surface area contributed by atoms with Crippen molar-refractivity contribution in [2.75, 3.05) is 20.3 Å².